The van der Waals surface area contributed by atoms with Crippen LogP contribution in [0.5, 0.6) is 0 Å². The third-order valence-corrected chi connectivity index (χ3v) is 1.81. The Morgan fingerprint density at radius 1 is 1.33 bits per heavy atom. The molecule has 0 aliphatic carbocycles. The van der Waals surface area contributed by atoms with Crippen molar-refractivity contribution in [2.24, 2.45) is 0 Å². The van der Waals surface area contributed by atoms with Crippen LogP contribution in [0.4, 0.5) is 0 Å². The van der Waals surface area contributed by atoms with E-state index in [2.05, 4.69) is 0 Å². The van der Waals surface area contributed by atoms with E-state index in [1.165, 1.54) is 0 Å². The van der Waals surface area contributed by atoms with Gasteiger partial charge in [-0.2, -0.15) is 0 Å². The van der Waals surface area contributed by atoms with Crippen molar-refractivity contribution in [2.45, 2.75) is 6.92 Å². The second kappa shape index (κ2) is 4.18. The van der Waals surface area contributed by atoms with E-state index in [-0.39, 0.29) is 0 Å². The van der Waals surface area contributed by atoms with E-state index in [1.807, 2.05) is 31.2 Å². The van der Waals surface area contributed by atoms with E-state index in [0.717, 1.165) is 16.5 Å². The minimum atomic E-state index is -2.10. The Morgan fingerprint density at radius 2 is 1.92 bits per heavy atom. The van der Waals surface area contributed by atoms with Crippen molar-refractivity contribution in [3.05, 3.63) is 40.8 Å². The smallest absolute Gasteiger partial charge is 0.0109 e. The van der Waals surface area contributed by atoms with Crippen LogP contribution in [0.25, 0.3) is 6.08 Å². The van der Waals surface area contributed by atoms with Crippen molar-refractivity contribution >= 4 is 17.2 Å². The molecule has 1 unspecified atom stereocenters. The van der Waals surface area contributed by atoms with Gasteiger partial charge in [0.15, 0.2) is 0 Å². The maximum atomic E-state index is 10.2. The van der Waals surface area contributed by atoms with Crippen LogP contribution in [0.1, 0.15) is 11.1 Å². The van der Waals surface area contributed by atoms with Gasteiger partial charge in [-0.05, 0) is 35.1 Å². The van der Waals surface area contributed by atoms with Crippen LogP contribution < -0.4 is 0 Å². The molecule has 0 amide bonds. The standard InChI is InChI=1S/C9H10O2S/c1-8-2-4-9(5-3-8)6-7-12(10)11/h2-7H,1H3,(H,10,11)/p-1/b7-6+. The van der Waals surface area contributed by atoms with Gasteiger partial charge in [-0.1, -0.05) is 29.8 Å². The molecular weight excluding hydrogens is 172 g/mol. The van der Waals surface area contributed by atoms with Crippen molar-refractivity contribution in [2.75, 3.05) is 0 Å². The predicted octanol–water partition coefficient (Wildman–Crippen LogP) is 1.84. The molecule has 0 radical (unpaired) electrons. The summed E-state index contributed by atoms with van der Waals surface area (Å²) >= 11 is -2.10. The lowest BCUT2D eigenvalue weighted by Gasteiger charge is -1.96. The van der Waals surface area contributed by atoms with Gasteiger partial charge < -0.3 is 4.55 Å². The minimum Gasteiger partial charge on any atom is -0.769 e. The summed E-state index contributed by atoms with van der Waals surface area (Å²) in [6, 6.07) is 7.62. The van der Waals surface area contributed by atoms with Crippen LogP contribution in [0.2, 0.25) is 0 Å². The quantitative estimate of drug-likeness (QED) is 0.653. The van der Waals surface area contributed by atoms with Gasteiger partial charge in [-0.15, -0.1) is 0 Å². The average molecular weight is 181 g/mol. The van der Waals surface area contributed by atoms with E-state index >= 15 is 0 Å². The van der Waals surface area contributed by atoms with Crippen molar-refractivity contribution in [1.29, 1.82) is 0 Å². The highest BCUT2D eigenvalue weighted by molar-refractivity contribution is 7.82. The molecule has 1 aromatic carbocycles. The molecule has 0 saturated heterocycles. The van der Waals surface area contributed by atoms with Crippen LogP contribution in [0.3, 0.4) is 0 Å². The van der Waals surface area contributed by atoms with Crippen molar-refractivity contribution in [1.82, 2.24) is 0 Å². The zero-order chi connectivity index (χ0) is 8.97. The van der Waals surface area contributed by atoms with Gasteiger partial charge in [-0.3, -0.25) is 4.21 Å². The molecule has 64 valence electrons. The monoisotopic (exact) mass is 181 g/mol. The van der Waals surface area contributed by atoms with Gasteiger partial charge >= 0.3 is 0 Å². The lowest BCUT2D eigenvalue weighted by Crippen LogP contribution is -1.78. The highest BCUT2D eigenvalue weighted by Gasteiger charge is 1.84. The number of hydrogen-bond acceptors (Lipinski definition) is 2. The second-order valence-corrected chi connectivity index (χ2v) is 3.27. The van der Waals surface area contributed by atoms with Crippen molar-refractivity contribution < 1.29 is 8.76 Å². The Morgan fingerprint density at radius 3 is 2.42 bits per heavy atom. The first-order valence-electron chi connectivity index (χ1n) is 3.51. The van der Waals surface area contributed by atoms with E-state index in [4.69, 9.17) is 0 Å². The van der Waals surface area contributed by atoms with Crippen LogP contribution in [-0.4, -0.2) is 8.76 Å². The molecule has 0 heterocycles. The fourth-order valence-electron chi connectivity index (χ4n) is 0.812. The number of aryl methyl sites for hydroxylation is 1. The Kier molecular flexibility index (Phi) is 3.19. The molecule has 1 atom stereocenters. The van der Waals surface area contributed by atoms with E-state index < -0.39 is 11.1 Å². The van der Waals surface area contributed by atoms with Gasteiger partial charge in [0.25, 0.3) is 0 Å². The SMILES string of the molecule is Cc1ccc(/C=C/S(=O)[O-])cc1. The number of hydrogen-bond donors (Lipinski definition) is 0. The van der Waals surface area contributed by atoms with Gasteiger partial charge in [0.1, 0.15) is 0 Å². The van der Waals surface area contributed by atoms with Gasteiger partial charge in [0, 0.05) is 0 Å². The molecular formula is C9H9O2S-. The lowest BCUT2D eigenvalue weighted by molar-refractivity contribution is 0.546. The summed E-state index contributed by atoms with van der Waals surface area (Å²) in [5.41, 5.74) is 2.06. The van der Waals surface area contributed by atoms with Crippen LogP contribution in [-0.2, 0) is 11.1 Å². The minimum absolute atomic E-state index is 0.893. The van der Waals surface area contributed by atoms with Crippen molar-refractivity contribution in [3.8, 4) is 0 Å². The third-order valence-electron chi connectivity index (χ3n) is 1.45. The largest absolute Gasteiger partial charge is 0.769 e. The topological polar surface area (TPSA) is 40.1 Å². The third kappa shape index (κ3) is 2.98. The molecule has 3 heteroatoms. The molecule has 0 spiro atoms. The molecule has 0 aliphatic rings. The fraction of sp³-hybridized carbons (Fsp3) is 0.111. The van der Waals surface area contributed by atoms with Gasteiger partial charge in [-0.25, -0.2) is 0 Å². The number of benzene rings is 1. The molecule has 12 heavy (non-hydrogen) atoms. The first kappa shape index (κ1) is 9.16. The highest BCUT2D eigenvalue weighted by Crippen LogP contribution is 2.04. The summed E-state index contributed by atoms with van der Waals surface area (Å²) in [6.07, 6.45) is 1.56. The fourth-order valence-corrected chi connectivity index (χ4v) is 1.08. The molecule has 0 fully saturated rings. The molecule has 2 nitrogen and oxygen atoms in total. The second-order valence-electron chi connectivity index (χ2n) is 2.47. The lowest BCUT2D eigenvalue weighted by atomic mass is 10.2. The molecule has 0 N–H and O–H groups in total. The Bertz CT molecular complexity index is 301. The molecule has 0 saturated carbocycles. The molecule has 0 aliphatic heterocycles. The normalized spacial score (nSPS) is 13.5. The first-order chi connectivity index (χ1) is 5.68. The summed E-state index contributed by atoms with van der Waals surface area (Å²) in [7, 11) is 0. The summed E-state index contributed by atoms with van der Waals surface area (Å²) in [5.74, 6) is 0. The van der Waals surface area contributed by atoms with Gasteiger partial charge in [0.05, 0.1) is 0 Å². The summed E-state index contributed by atoms with van der Waals surface area (Å²) in [4.78, 5) is 0. The van der Waals surface area contributed by atoms with Crippen molar-refractivity contribution in [3.63, 3.8) is 0 Å². The predicted molar refractivity (Wildman–Crippen MR) is 49.1 cm³/mol. The molecule has 0 aromatic heterocycles. The van der Waals surface area contributed by atoms with Crippen LogP contribution in [0, 0.1) is 6.92 Å². The van der Waals surface area contributed by atoms with Crippen LogP contribution in [0.15, 0.2) is 29.7 Å². The van der Waals surface area contributed by atoms with Crippen LogP contribution >= 0.6 is 0 Å². The maximum absolute atomic E-state index is 10.2. The zero-order valence-electron chi connectivity index (χ0n) is 6.69. The Balaban J connectivity index is 2.77. The molecule has 1 rings (SSSR count). The Labute approximate surface area is 74.2 Å². The first-order valence-corrected chi connectivity index (χ1v) is 4.65. The summed E-state index contributed by atoms with van der Waals surface area (Å²) in [6.45, 7) is 1.99. The number of rotatable bonds is 2. The molecule has 1 aromatic rings. The van der Waals surface area contributed by atoms with E-state index in [1.54, 1.807) is 6.08 Å². The van der Waals surface area contributed by atoms with Gasteiger partial charge in [0.2, 0.25) is 0 Å². The van der Waals surface area contributed by atoms with E-state index in [0.29, 0.717) is 0 Å². The summed E-state index contributed by atoms with van der Waals surface area (Å²) < 4.78 is 20.3. The Hall–Kier alpha value is -0.930. The average Bonchev–Trinajstić information content (AvgIpc) is 2.03. The molecule has 0 bridgehead atoms. The van der Waals surface area contributed by atoms with E-state index in [9.17, 15) is 8.76 Å². The zero-order valence-corrected chi connectivity index (χ0v) is 7.51. The highest BCUT2D eigenvalue weighted by atomic mass is 32.2. The maximum Gasteiger partial charge on any atom is -0.0109 e. The summed E-state index contributed by atoms with van der Waals surface area (Å²) in [5, 5.41) is 1.13.